The van der Waals surface area contributed by atoms with E-state index < -0.39 is 0 Å². The maximum Gasteiger partial charge on any atom is 0.298 e. The number of nitrogens with zero attached hydrogens (tertiary/aromatic N) is 2. The van der Waals surface area contributed by atoms with Crippen LogP contribution in [0.1, 0.15) is 37.1 Å². The molecule has 1 aromatic carbocycles. The SMILES string of the molecule is CC#CC(=O)N1CCC[C@@H](c2nc3ccc(C)cc3[nH]2)C1. The number of aromatic amines is 1. The van der Waals surface area contributed by atoms with Crippen molar-refractivity contribution in [2.45, 2.75) is 32.6 Å². The second-order valence-electron chi connectivity index (χ2n) is 5.61. The Morgan fingerprint density at radius 3 is 3.14 bits per heavy atom. The largest absolute Gasteiger partial charge is 0.342 e. The van der Waals surface area contributed by atoms with E-state index in [9.17, 15) is 4.79 Å². The molecule has 1 aromatic heterocycles. The van der Waals surface area contributed by atoms with Crippen LogP contribution in [-0.4, -0.2) is 33.9 Å². The van der Waals surface area contributed by atoms with E-state index in [2.05, 4.69) is 40.9 Å². The van der Waals surface area contributed by atoms with E-state index in [1.807, 2.05) is 11.0 Å². The molecule has 1 aliphatic rings. The zero-order valence-corrected chi connectivity index (χ0v) is 12.4. The number of piperidine rings is 1. The molecule has 1 aliphatic heterocycles. The van der Waals surface area contributed by atoms with E-state index in [0.717, 1.165) is 36.2 Å². The Morgan fingerprint density at radius 2 is 2.33 bits per heavy atom. The number of H-pyrrole nitrogens is 1. The van der Waals surface area contributed by atoms with Gasteiger partial charge in [-0.1, -0.05) is 12.0 Å². The van der Waals surface area contributed by atoms with Crippen LogP contribution in [0.4, 0.5) is 0 Å². The van der Waals surface area contributed by atoms with Crippen molar-refractivity contribution in [3.8, 4) is 11.8 Å². The molecule has 1 saturated heterocycles. The van der Waals surface area contributed by atoms with Gasteiger partial charge in [0.1, 0.15) is 5.82 Å². The lowest BCUT2D eigenvalue weighted by molar-refractivity contribution is -0.126. The second-order valence-corrected chi connectivity index (χ2v) is 5.61. The number of fused-ring (bicyclic) bond motifs is 1. The van der Waals surface area contributed by atoms with E-state index in [4.69, 9.17) is 0 Å². The van der Waals surface area contributed by atoms with E-state index in [1.54, 1.807) is 6.92 Å². The first-order chi connectivity index (χ1) is 10.2. The number of amides is 1. The molecule has 108 valence electrons. The molecule has 0 saturated carbocycles. The van der Waals surface area contributed by atoms with Gasteiger partial charge in [0, 0.05) is 19.0 Å². The van der Waals surface area contributed by atoms with E-state index in [1.165, 1.54) is 5.56 Å². The number of hydrogen-bond acceptors (Lipinski definition) is 2. The summed E-state index contributed by atoms with van der Waals surface area (Å²) in [5.74, 6) is 6.49. The number of imidazole rings is 1. The lowest BCUT2D eigenvalue weighted by Gasteiger charge is -2.30. The first-order valence-electron chi connectivity index (χ1n) is 7.35. The summed E-state index contributed by atoms with van der Waals surface area (Å²) < 4.78 is 0. The summed E-state index contributed by atoms with van der Waals surface area (Å²) in [5.41, 5.74) is 3.28. The minimum absolute atomic E-state index is 0.0749. The Labute approximate surface area is 124 Å². The normalized spacial score (nSPS) is 18.4. The highest BCUT2D eigenvalue weighted by Gasteiger charge is 2.26. The van der Waals surface area contributed by atoms with Gasteiger partial charge in [-0.25, -0.2) is 4.98 Å². The number of carbonyl (C=O) groups is 1. The van der Waals surface area contributed by atoms with Gasteiger partial charge < -0.3 is 9.88 Å². The molecule has 21 heavy (non-hydrogen) atoms. The summed E-state index contributed by atoms with van der Waals surface area (Å²) in [7, 11) is 0. The Hall–Kier alpha value is -2.28. The average Bonchev–Trinajstić information content (AvgIpc) is 2.90. The van der Waals surface area contributed by atoms with Crippen molar-refractivity contribution >= 4 is 16.9 Å². The first kappa shape index (κ1) is 13.7. The molecule has 2 aromatic rings. The number of nitrogens with one attached hydrogen (secondary N) is 1. The van der Waals surface area contributed by atoms with E-state index in [-0.39, 0.29) is 11.8 Å². The lowest BCUT2D eigenvalue weighted by atomic mass is 9.97. The van der Waals surface area contributed by atoms with Gasteiger partial charge >= 0.3 is 0 Å². The van der Waals surface area contributed by atoms with Gasteiger partial charge in [-0.05, 0) is 50.3 Å². The van der Waals surface area contributed by atoms with Crippen molar-refractivity contribution in [2.24, 2.45) is 0 Å². The molecule has 0 unspecified atom stereocenters. The highest BCUT2D eigenvalue weighted by atomic mass is 16.2. The monoisotopic (exact) mass is 281 g/mol. The van der Waals surface area contributed by atoms with Gasteiger partial charge in [-0.3, -0.25) is 4.79 Å². The molecule has 4 nitrogen and oxygen atoms in total. The van der Waals surface area contributed by atoms with Crippen LogP contribution in [0.2, 0.25) is 0 Å². The fourth-order valence-corrected chi connectivity index (χ4v) is 2.91. The fraction of sp³-hybridized carbons (Fsp3) is 0.412. The quantitative estimate of drug-likeness (QED) is 0.817. The molecule has 0 bridgehead atoms. The zero-order valence-electron chi connectivity index (χ0n) is 12.4. The van der Waals surface area contributed by atoms with Crippen molar-refractivity contribution in [1.29, 1.82) is 0 Å². The molecule has 3 rings (SSSR count). The molecule has 1 atom stereocenters. The van der Waals surface area contributed by atoms with Crippen molar-refractivity contribution in [3.05, 3.63) is 29.6 Å². The van der Waals surface area contributed by atoms with Crippen LogP contribution in [0.15, 0.2) is 18.2 Å². The highest BCUT2D eigenvalue weighted by molar-refractivity contribution is 5.93. The Morgan fingerprint density at radius 1 is 1.48 bits per heavy atom. The summed E-state index contributed by atoms with van der Waals surface area (Å²) in [6.45, 7) is 5.26. The maximum atomic E-state index is 11.9. The van der Waals surface area contributed by atoms with Gasteiger partial charge in [0.25, 0.3) is 5.91 Å². The molecular weight excluding hydrogens is 262 g/mol. The molecule has 0 aliphatic carbocycles. The van der Waals surface area contributed by atoms with Gasteiger partial charge in [-0.2, -0.15) is 0 Å². The third-order valence-electron chi connectivity index (χ3n) is 3.98. The van der Waals surface area contributed by atoms with Crippen LogP contribution in [0.25, 0.3) is 11.0 Å². The molecular formula is C17H19N3O. The summed E-state index contributed by atoms with van der Waals surface area (Å²) in [5, 5.41) is 0. The Bertz CT molecular complexity index is 735. The summed E-state index contributed by atoms with van der Waals surface area (Å²) in [6, 6.07) is 6.22. The molecule has 4 heteroatoms. The van der Waals surface area contributed by atoms with Crippen LogP contribution in [0, 0.1) is 18.8 Å². The topological polar surface area (TPSA) is 49.0 Å². The highest BCUT2D eigenvalue weighted by Crippen LogP contribution is 2.27. The van der Waals surface area contributed by atoms with Crippen LogP contribution < -0.4 is 0 Å². The average molecular weight is 281 g/mol. The number of aromatic nitrogens is 2. The van der Waals surface area contributed by atoms with Crippen molar-refractivity contribution in [1.82, 2.24) is 14.9 Å². The minimum atomic E-state index is -0.0749. The van der Waals surface area contributed by atoms with Crippen LogP contribution in [-0.2, 0) is 4.79 Å². The second kappa shape index (κ2) is 5.61. The number of likely N-dealkylation sites (tertiary alicyclic amines) is 1. The number of hydrogen-bond donors (Lipinski definition) is 1. The van der Waals surface area contributed by atoms with Gasteiger partial charge in [0.2, 0.25) is 0 Å². The Balaban J connectivity index is 1.84. The summed E-state index contributed by atoms with van der Waals surface area (Å²) in [4.78, 5) is 21.9. The maximum absolute atomic E-state index is 11.9. The van der Waals surface area contributed by atoms with Gasteiger partial charge in [0.15, 0.2) is 0 Å². The van der Waals surface area contributed by atoms with Crippen LogP contribution in [0.5, 0.6) is 0 Å². The Kier molecular flexibility index (Phi) is 3.66. The van der Waals surface area contributed by atoms with Crippen LogP contribution >= 0.6 is 0 Å². The molecule has 1 fully saturated rings. The molecule has 2 heterocycles. The number of carbonyl (C=O) groups excluding carboxylic acids is 1. The molecule has 1 amide bonds. The number of rotatable bonds is 1. The van der Waals surface area contributed by atoms with Crippen molar-refractivity contribution < 1.29 is 4.79 Å². The predicted molar refractivity (Wildman–Crippen MR) is 82.8 cm³/mol. The van der Waals surface area contributed by atoms with Crippen molar-refractivity contribution in [3.63, 3.8) is 0 Å². The van der Waals surface area contributed by atoms with Crippen molar-refractivity contribution in [2.75, 3.05) is 13.1 Å². The molecule has 0 radical (unpaired) electrons. The number of benzene rings is 1. The first-order valence-corrected chi connectivity index (χ1v) is 7.35. The van der Waals surface area contributed by atoms with E-state index >= 15 is 0 Å². The smallest absolute Gasteiger partial charge is 0.298 e. The summed E-state index contributed by atoms with van der Waals surface area (Å²) in [6.07, 6.45) is 2.06. The molecule has 1 N–H and O–H groups in total. The summed E-state index contributed by atoms with van der Waals surface area (Å²) >= 11 is 0. The zero-order chi connectivity index (χ0) is 14.8. The van der Waals surface area contributed by atoms with Crippen LogP contribution in [0.3, 0.4) is 0 Å². The van der Waals surface area contributed by atoms with Gasteiger partial charge in [-0.15, -0.1) is 0 Å². The standard InChI is InChI=1S/C17H19N3O/c1-3-5-16(21)20-9-4-6-13(11-20)17-18-14-8-7-12(2)10-15(14)19-17/h7-8,10,13H,4,6,9,11H2,1-2H3,(H,18,19)/t13-/m1/s1. The fourth-order valence-electron chi connectivity index (χ4n) is 2.91. The number of aryl methyl sites for hydroxylation is 1. The minimum Gasteiger partial charge on any atom is -0.342 e. The lowest BCUT2D eigenvalue weighted by Crippen LogP contribution is -2.38. The molecule has 0 spiro atoms. The van der Waals surface area contributed by atoms with Gasteiger partial charge in [0.05, 0.1) is 11.0 Å². The third-order valence-corrected chi connectivity index (χ3v) is 3.98. The van der Waals surface area contributed by atoms with E-state index in [0.29, 0.717) is 6.54 Å². The predicted octanol–water partition coefficient (Wildman–Crippen LogP) is 2.60. The third kappa shape index (κ3) is 2.78.